The van der Waals surface area contributed by atoms with Crippen molar-refractivity contribution in [3.05, 3.63) is 63.4 Å². The summed E-state index contributed by atoms with van der Waals surface area (Å²) in [7, 11) is 0. The fourth-order valence-electron chi connectivity index (χ4n) is 1.94. The average Bonchev–Trinajstić information content (AvgIpc) is 2.40. The van der Waals surface area contributed by atoms with Gasteiger partial charge < -0.3 is 9.84 Å². The van der Waals surface area contributed by atoms with E-state index in [-0.39, 0.29) is 5.56 Å². The van der Waals surface area contributed by atoms with E-state index < -0.39 is 29.1 Å². The van der Waals surface area contributed by atoms with Crippen LogP contribution in [0.3, 0.4) is 0 Å². The maximum absolute atomic E-state index is 13.7. The summed E-state index contributed by atoms with van der Waals surface area (Å²) in [5, 5.41) is 10.1. The molecule has 1 unspecified atom stereocenters. The van der Waals surface area contributed by atoms with Crippen molar-refractivity contribution >= 4 is 15.9 Å². The second-order valence-electron chi connectivity index (χ2n) is 4.31. The van der Waals surface area contributed by atoms with Crippen molar-refractivity contribution in [3.8, 4) is 5.75 Å². The summed E-state index contributed by atoms with van der Waals surface area (Å²) in [6, 6.07) is 5.63. The van der Waals surface area contributed by atoms with Gasteiger partial charge in [-0.25, -0.2) is 13.2 Å². The van der Waals surface area contributed by atoms with Crippen molar-refractivity contribution in [2.75, 3.05) is 6.61 Å². The molecule has 0 aliphatic carbocycles. The smallest absolute Gasteiger partial charge is 0.135 e. The second kappa shape index (κ2) is 6.49. The standard InChI is InChI=1S/C15H12BrF3O2/c1-2-21-13-4-3-8(5-10(13)16)15(20)14-11(18)6-9(17)7-12(14)19/h3-7,15,20H,2H2,1H3. The molecule has 112 valence electrons. The van der Waals surface area contributed by atoms with Crippen LogP contribution in [0.15, 0.2) is 34.8 Å². The molecule has 6 heteroatoms. The number of hydrogen-bond acceptors (Lipinski definition) is 2. The molecule has 0 amide bonds. The summed E-state index contributed by atoms with van der Waals surface area (Å²) in [6.07, 6.45) is -1.54. The van der Waals surface area contributed by atoms with Crippen LogP contribution in [0.1, 0.15) is 24.2 Å². The quantitative estimate of drug-likeness (QED) is 0.878. The summed E-state index contributed by atoms with van der Waals surface area (Å²) in [4.78, 5) is 0. The van der Waals surface area contributed by atoms with Crippen LogP contribution in [0.5, 0.6) is 5.75 Å². The SMILES string of the molecule is CCOc1ccc(C(O)c2c(F)cc(F)cc2F)cc1Br. The molecule has 0 saturated heterocycles. The number of halogens is 4. The van der Waals surface area contributed by atoms with E-state index in [2.05, 4.69) is 15.9 Å². The number of aliphatic hydroxyl groups is 1. The van der Waals surface area contributed by atoms with Gasteiger partial charge in [-0.2, -0.15) is 0 Å². The van der Waals surface area contributed by atoms with Gasteiger partial charge in [0.1, 0.15) is 29.3 Å². The van der Waals surface area contributed by atoms with Crippen molar-refractivity contribution in [1.29, 1.82) is 0 Å². The van der Waals surface area contributed by atoms with Gasteiger partial charge in [0, 0.05) is 12.1 Å². The third-order valence-corrected chi connectivity index (χ3v) is 3.51. The Morgan fingerprint density at radius 2 is 1.76 bits per heavy atom. The summed E-state index contributed by atoms with van der Waals surface area (Å²) < 4.78 is 46.1. The maximum atomic E-state index is 13.7. The minimum Gasteiger partial charge on any atom is -0.493 e. The Labute approximate surface area is 128 Å². The molecule has 0 radical (unpaired) electrons. The van der Waals surface area contributed by atoms with Crippen LogP contribution < -0.4 is 4.74 Å². The van der Waals surface area contributed by atoms with Crippen molar-refractivity contribution in [2.24, 2.45) is 0 Å². The molecule has 0 aromatic heterocycles. The van der Waals surface area contributed by atoms with Crippen LogP contribution in [-0.2, 0) is 0 Å². The molecule has 0 fully saturated rings. The summed E-state index contributed by atoms with van der Waals surface area (Å²) in [5.74, 6) is -2.75. The Hall–Kier alpha value is -1.53. The molecular weight excluding hydrogens is 349 g/mol. The zero-order chi connectivity index (χ0) is 15.6. The van der Waals surface area contributed by atoms with Gasteiger partial charge in [0.2, 0.25) is 0 Å². The fourth-order valence-corrected chi connectivity index (χ4v) is 2.45. The summed E-state index contributed by atoms with van der Waals surface area (Å²) in [6.45, 7) is 2.28. The lowest BCUT2D eigenvalue weighted by Crippen LogP contribution is -2.07. The minimum atomic E-state index is -1.54. The number of benzene rings is 2. The molecule has 21 heavy (non-hydrogen) atoms. The van der Waals surface area contributed by atoms with E-state index >= 15 is 0 Å². The lowest BCUT2D eigenvalue weighted by Gasteiger charge is -2.15. The van der Waals surface area contributed by atoms with E-state index in [0.29, 0.717) is 29.0 Å². The molecule has 0 bridgehead atoms. The van der Waals surface area contributed by atoms with Gasteiger partial charge in [-0.15, -0.1) is 0 Å². The molecule has 2 aromatic carbocycles. The van der Waals surface area contributed by atoms with Crippen molar-refractivity contribution in [1.82, 2.24) is 0 Å². The van der Waals surface area contributed by atoms with Gasteiger partial charge >= 0.3 is 0 Å². The summed E-state index contributed by atoms with van der Waals surface area (Å²) >= 11 is 3.25. The van der Waals surface area contributed by atoms with E-state index in [1.807, 2.05) is 6.92 Å². The molecule has 0 aliphatic heterocycles. The van der Waals surface area contributed by atoms with Gasteiger partial charge in [0.05, 0.1) is 16.6 Å². The van der Waals surface area contributed by atoms with Crippen molar-refractivity contribution in [2.45, 2.75) is 13.0 Å². The zero-order valence-electron chi connectivity index (χ0n) is 11.0. The highest BCUT2D eigenvalue weighted by atomic mass is 79.9. The third kappa shape index (κ3) is 3.39. The predicted molar refractivity (Wildman–Crippen MR) is 75.7 cm³/mol. The molecule has 2 aromatic rings. The lowest BCUT2D eigenvalue weighted by molar-refractivity contribution is 0.208. The molecule has 0 aliphatic rings. The summed E-state index contributed by atoms with van der Waals surface area (Å²) in [5.41, 5.74) is -0.331. The zero-order valence-corrected chi connectivity index (χ0v) is 12.6. The van der Waals surface area contributed by atoms with Crippen LogP contribution in [0.25, 0.3) is 0 Å². The number of aliphatic hydroxyl groups excluding tert-OH is 1. The highest BCUT2D eigenvalue weighted by molar-refractivity contribution is 9.10. The van der Waals surface area contributed by atoms with Crippen LogP contribution in [0.2, 0.25) is 0 Å². The van der Waals surface area contributed by atoms with E-state index in [0.717, 1.165) is 0 Å². The second-order valence-corrected chi connectivity index (χ2v) is 5.16. The van der Waals surface area contributed by atoms with Gasteiger partial charge in [-0.3, -0.25) is 0 Å². The van der Waals surface area contributed by atoms with Crippen molar-refractivity contribution < 1.29 is 23.0 Å². The van der Waals surface area contributed by atoms with Gasteiger partial charge in [-0.1, -0.05) is 6.07 Å². The van der Waals surface area contributed by atoms with E-state index in [9.17, 15) is 18.3 Å². The Morgan fingerprint density at radius 1 is 1.14 bits per heavy atom. The Balaban J connectivity index is 2.41. The molecule has 2 rings (SSSR count). The molecule has 1 N–H and O–H groups in total. The number of rotatable bonds is 4. The highest BCUT2D eigenvalue weighted by Crippen LogP contribution is 2.32. The number of hydrogen-bond donors (Lipinski definition) is 1. The van der Waals surface area contributed by atoms with Gasteiger partial charge in [-0.05, 0) is 40.5 Å². The largest absolute Gasteiger partial charge is 0.493 e. The Kier molecular flexibility index (Phi) is 4.90. The number of ether oxygens (including phenoxy) is 1. The highest BCUT2D eigenvalue weighted by Gasteiger charge is 2.21. The van der Waals surface area contributed by atoms with E-state index in [4.69, 9.17) is 4.74 Å². The van der Waals surface area contributed by atoms with Gasteiger partial charge in [0.25, 0.3) is 0 Å². The van der Waals surface area contributed by atoms with Crippen LogP contribution in [0.4, 0.5) is 13.2 Å². The molecule has 2 nitrogen and oxygen atoms in total. The van der Waals surface area contributed by atoms with Crippen LogP contribution >= 0.6 is 15.9 Å². The van der Waals surface area contributed by atoms with Crippen LogP contribution in [0, 0.1) is 17.5 Å². The minimum absolute atomic E-state index is 0.259. The molecular formula is C15H12BrF3O2. The Morgan fingerprint density at radius 3 is 2.29 bits per heavy atom. The monoisotopic (exact) mass is 360 g/mol. The predicted octanol–water partition coefficient (Wildman–Crippen LogP) is 4.35. The molecule has 1 atom stereocenters. The topological polar surface area (TPSA) is 29.5 Å². The molecule has 0 saturated carbocycles. The van der Waals surface area contributed by atoms with E-state index in [1.165, 1.54) is 12.1 Å². The first-order valence-corrected chi connectivity index (χ1v) is 6.98. The van der Waals surface area contributed by atoms with Crippen LogP contribution in [-0.4, -0.2) is 11.7 Å². The average molecular weight is 361 g/mol. The Bertz CT molecular complexity index is 638. The first-order chi connectivity index (χ1) is 9.93. The fraction of sp³-hybridized carbons (Fsp3) is 0.200. The lowest BCUT2D eigenvalue weighted by atomic mass is 10.0. The first-order valence-electron chi connectivity index (χ1n) is 6.18. The molecule has 0 spiro atoms. The first kappa shape index (κ1) is 15.9. The third-order valence-electron chi connectivity index (χ3n) is 2.89. The maximum Gasteiger partial charge on any atom is 0.135 e. The normalized spacial score (nSPS) is 12.3. The van der Waals surface area contributed by atoms with Crippen molar-refractivity contribution in [3.63, 3.8) is 0 Å². The van der Waals surface area contributed by atoms with E-state index in [1.54, 1.807) is 6.07 Å². The van der Waals surface area contributed by atoms with Gasteiger partial charge in [0.15, 0.2) is 0 Å². The molecule has 0 heterocycles.